The summed E-state index contributed by atoms with van der Waals surface area (Å²) in [4.78, 5) is 15.6. The molecule has 7 heteroatoms. The Bertz CT molecular complexity index is 833. The third-order valence-electron chi connectivity index (χ3n) is 4.29. The zero-order valence-corrected chi connectivity index (χ0v) is 14.2. The van der Waals surface area contributed by atoms with Gasteiger partial charge in [-0.05, 0) is 36.9 Å². The molecule has 6 nitrogen and oxygen atoms in total. The molecule has 0 amide bonds. The second kappa shape index (κ2) is 6.43. The number of thiophene rings is 1. The Labute approximate surface area is 144 Å². The first kappa shape index (κ1) is 15.4. The van der Waals surface area contributed by atoms with Gasteiger partial charge < -0.3 is 10.4 Å². The molecule has 4 heterocycles. The molecule has 2 N–H and O–H groups in total. The van der Waals surface area contributed by atoms with Crippen molar-refractivity contribution < 1.29 is 5.11 Å². The minimum absolute atomic E-state index is 0.0173. The number of fused-ring (bicyclic) bond motifs is 1. The summed E-state index contributed by atoms with van der Waals surface area (Å²) < 4.78 is 0.949. The van der Waals surface area contributed by atoms with Crippen molar-refractivity contribution >= 4 is 27.5 Å². The van der Waals surface area contributed by atoms with Gasteiger partial charge in [-0.2, -0.15) is 0 Å². The fraction of sp³-hybridized carbons (Fsp3) is 0.353. The Morgan fingerprint density at radius 2 is 2.12 bits per heavy atom. The van der Waals surface area contributed by atoms with E-state index in [1.54, 1.807) is 17.5 Å². The zero-order valence-electron chi connectivity index (χ0n) is 13.4. The lowest BCUT2D eigenvalue weighted by Crippen LogP contribution is -2.40. The smallest absolute Gasteiger partial charge is 0.224 e. The molecule has 0 saturated carbocycles. The van der Waals surface area contributed by atoms with Gasteiger partial charge in [0.25, 0.3) is 0 Å². The average Bonchev–Trinajstić information content (AvgIpc) is 3.01. The van der Waals surface area contributed by atoms with E-state index in [4.69, 9.17) is 0 Å². The SMILES string of the molecule is C[C@H](Nc1nc(C(O)N2CCC2)c2sccc2n1)c1ccccn1. The number of nitrogens with one attached hydrogen (secondary N) is 1. The Morgan fingerprint density at radius 3 is 2.83 bits per heavy atom. The summed E-state index contributed by atoms with van der Waals surface area (Å²) in [5.41, 5.74) is 2.47. The maximum Gasteiger partial charge on any atom is 0.224 e. The van der Waals surface area contributed by atoms with E-state index in [2.05, 4.69) is 20.3 Å². The molecular formula is C17H19N5OS. The predicted molar refractivity (Wildman–Crippen MR) is 94.8 cm³/mol. The Kier molecular flexibility index (Phi) is 4.13. The van der Waals surface area contributed by atoms with Crippen LogP contribution in [0.4, 0.5) is 5.95 Å². The molecule has 1 aliphatic rings. The first-order valence-corrected chi connectivity index (χ1v) is 8.95. The highest BCUT2D eigenvalue weighted by Gasteiger charge is 2.27. The summed E-state index contributed by atoms with van der Waals surface area (Å²) >= 11 is 1.57. The number of pyridine rings is 1. The van der Waals surface area contributed by atoms with Crippen molar-refractivity contribution in [1.29, 1.82) is 0 Å². The van der Waals surface area contributed by atoms with Crippen molar-refractivity contribution in [3.05, 3.63) is 47.2 Å². The molecule has 3 aromatic heterocycles. The molecule has 24 heavy (non-hydrogen) atoms. The number of nitrogens with zero attached hydrogens (tertiary/aromatic N) is 4. The van der Waals surface area contributed by atoms with Gasteiger partial charge in [-0.3, -0.25) is 9.88 Å². The monoisotopic (exact) mass is 341 g/mol. The van der Waals surface area contributed by atoms with Crippen molar-refractivity contribution in [2.24, 2.45) is 0 Å². The third-order valence-corrected chi connectivity index (χ3v) is 5.21. The summed E-state index contributed by atoms with van der Waals surface area (Å²) in [6.45, 7) is 3.84. The van der Waals surface area contributed by atoms with Crippen molar-refractivity contribution in [2.45, 2.75) is 25.6 Å². The number of anilines is 1. The molecule has 0 bridgehead atoms. The lowest BCUT2D eigenvalue weighted by molar-refractivity contribution is -0.0381. The molecule has 1 aliphatic heterocycles. The summed E-state index contributed by atoms with van der Waals surface area (Å²) in [6, 6.07) is 7.77. The van der Waals surface area contributed by atoms with Crippen LogP contribution in [0.25, 0.3) is 10.2 Å². The number of hydrogen-bond acceptors (Lipinski definition) is 7. The van der Waals surface area contributed by atoms with E-state index in [1.807, 2.05) is 41.5 Å². The highest BCUT2D eigenvalue weighted by Crippen LogP contribution is 2.31. The number of aliphatic hydroxyl groups excluding tert-OH is 1. The summed E-state index contributed by atoms with van der Waals surface area (Å²) in [6.07, 6.45) is 2.22. The number of aliphatic hydroxyl groups is 1. The highest BCUT2D eigenvalue weighted by molar-refractivity contribution is 7.17. The lowest BCUT2D eigenvalue weighted by atomic mass is 10.2. The van der Waals surface area contributed by atoms with Gasteiger partial charge in [0.05, 0.1) is 22.0 Å². The number of aromatic nitrogens is 3. The molecule has 1 saturated heterocycles. The van der Waals surface area contributed by atoms with Crippen molar-refractivity contribution in [2.75, 3.05) is 18.4 Å². The lowest BCUT2D eigenvalue weighted by Gasteiger charge is -2.34. The Balaban J connectivity index is 1.66. The molecule has 0 aromatic carbocycles. The fourth-order valence-corrected chi connectivity index (χ4v) is 3.62. The molecular weight excluding hydrogens is 322 g/mol. The van der Waals surface area contributed by atoms with Gasteiger partial charge in [0.15, 0.2) is 6.23 Å². The average molecular weight is 341 g/mol. The standard InChI is InChI=1S/C17H19N5OS/c1-11(12-5-2-3-7-18-12)19-17-20-13-6-10-24-15(13)14(21-17)16(23)22-8-4-9-22/h2-3,5-7,10-11,16,23H,4,8-9H2,1H3,(H,19,20,21)/t11-,16?/m0/s1. The van der Waals surface area contributed by atoms with Crippen LogP contribution in [0.1, 0.15) is 37.0 Å². The first-order chi connectivity index (χ1) is 11.7. The Hall–Kier alpha value is -2.09. The van der Waals surface area contributed by atoms with Gasteiger partial charge in [-0.1, -0.05) is 6.07 Å². The van der Waals surface area contributed by atoms with Gasteiger partial charge in [0.1, 0.15) is 5.69 Å². The van der Waals surface area contributed by atoms with Crippen LogP contribution in [-0.4, -0.2) is 38.0 Å². The first-order valence-electron chi connectivity index (χ1n) is 8.07. The third kappa shape index (κ3) is 2.86. The van der Waals surface area contributed by atoms with Gasteiger partial charge in [0.2, 0.25) is 5.95 Å². The Morgan fingerprint density at radius 1 is 1.25 bits per heavy atom. The fourth-order valence-electron chi connectivity index (χ4n) is 2.78. The number of likely N-dealkylation sites (tertiary alicyclic amines) is 1. The minimum atomic E-state index is -0.673. The molecule has 1 unspecified atom stereocenters. The van der Waals surface area contributed by atoms with Crippen molar-refractivity contribution in [1.82, 2.24) is 19.9 Å². The van der Waals surface area contributed by atoms with E-state index >= 15 is 0 Å². The maximum absolute atomic E-state index is 10.6. The normalized spacial score (nSPS) is 17.4. The highest BCUT2D eigenvalue weighted by atomic mass is 32.1. The quantitative estimate of drug-likeness (QED) is 0.743. The topological polar surface area (TPSA) is 74.2 Å². The van der Waals surface area contributed by atoms with Gasteiger partial charge in [0, 0.05) is 19.3 Å². The van der Waals surface area contributed by atoms with Crippen LogP contribution in [0.3, 0.4) is 0 Å². The number of hydrogen-bond donors (Lipinski definition) is 2. The van der Waals surface area contributed by atoms with Crippen LogP contribution in [0, 0.1) is 0 Å². The second-order valence-electron chi connectivity index (χ2n) is 5.95. The molecule has 0 aliphatic carbocycles. The molecule has 4 rings (SSSR count). The molecule has 3 aromatic rings. The minimum Gasteiger partial charge on any atom is -0.372 e. The van der Waals surface area contributed by atoms with Crippen LogP contribution in [-0.2, 0) is 0 Å². The van der Waals surface area contributed by atoms with E-state index in [1.165, 1.54) is 0 Å². The largest absolute Gasteiger partial charge is 0.372 e. The van der Waals surface area contributed by atoms with Gasteiger partial charge in [-0.15, -0.1) is 11.3 Å². The molecule has 2 atom stereocenters. The predicted octanol–water partition coefficient (Wildman–Crippen LogP) is 2.96. The van der Waals surface area contributed by atoms with Crippen LogP contribution in [0.5, 0.6) is 0 Å². The van der Waals surface area contributed by atoms with Crippen LogP contribution in [0.15, 0.2) is 35.8 Å². The molecule has 1 fully saturated rings. The van der Waals surface area contributed by atoms with Crippen molar-refractivity contribution in [3.63, 3.8) is 0 Å². The molecule has 124 valence electrons. The van der Waals surface area contributed by atoms with Gasteiger partial charge >= 0.3 is 0 Å². The van der Waals surface area contributed by atoms with Crippen LogP contribution in [0.2, 0.25) is 0 Å². The zero-order chi connectivity index (χ0) is 16.5. The molecule has 0 spiro atoms. The van der Waals surface area contributed by atoms with Crippen LogP contribution >= 0.6 is 11.3 Å². The summed E-state index contributed by atoms with van der Waals surface area (Å²) in [5, 5.41) is 15.9. The van der Waals surface area contributed by atoms with Crippen LogP contribution < -0.4 is 5.32 Å². The number of rotatable bonds is 5. The van der Waals surface area contributed by atoms with E-state index in [-0.39, 0.29) is 6.04 Å². The summed E-state index contributed by atoms with van der Waals surface area (Å²) in [7, 11) is 0. The summed E-state index contributed by atoms with van der Waals surface area (Å²) in [5.74, 6) is 0.522. The van der Waals surface area contributed by atoms with Crippen molar-refractivity contribution in [3.8, 4) is 0 Å². The second-order valence-corrected chi connectivity index (χ2v) is 6.87. The van der Waals surface area contributed by atoms with E-state index in [9.17, 15) is 5.11 Å². The van der Waals surface area contributed by atoms with E-state index < -0.39 is 6.23 Å². The maximum atomic E-state index is 10.6. The van der Waals surface area contributed by atoms with E-state index in [0.717, 1.165) is 35.4 Å². The van der Waals surface area contributed by atoms with E-state index in [0.29, 0.717) is 11.6 Å². The van der Waals surface area contributed by atoms with Gasteiger partial charge in [-0.25, -0.2) is 9.97 Å². The molecule has 0 radical (unpaired) electrons.